The molecular weight excluding hydrogens is 152 g/mol. The molecule has 3 N–H and O–H groups in total. The van der Waals surface area contributed by atoms with E-state index in [0.29, 0.717) is 12.5 Å². The number of nitrogens with zero attached hydrogens (tertiary/aromatic N) is 1. The highest BCUT2D eigenvalue weighted by Crippen LogP contribution is 2.31. The summed E-state index contributed by atoms with van der Waals surface area (Å²) in [5, 5.41) is 10.1. The maximum atomic E-state index is 10.1. The van der Waals surface area contributed by atoms with Crippen LogP contribution < -0.4 is 5.73 Å². The third-order valence-electron chi connectivity index (χ3n) is 2.91. The Morgan fingerprint density at radius 3 is 2.58 bits per heavy atom. The Hall–Kier alpha value is -0.120. The Morgan fingerprint density at radius 1 is 1.67 bits per heavy atom. The topological polar surface area (TPSA) is 49.5 Å². The largest absolute Gasteiger partial charge is 0.387 e. The Bertz CT molecular complexity index is 161. The summed E-state index contributed by atoms with van der Waals surface area (Å²) in [6.45, 7) is 5.59. The van der Waals surface area contributed by atoms with Gasteiger partial charge in [-0.15, -0.1) is 0 Å². The van der Waals surface area contributed by atoms with Gasteiger partial charge in [0.25, 0.3) is 0 Å². The van der Waals surface area contributed by atoms with Gasteiger partial charge < -0.3 is 15.7 Å². The molecule has 1 fully saturated rings. The second kappa shape index (κ2) is 3.32. The minimum absolute atomic E-state index is 0.225. The van der Waals surface area contributed by atoms with E-state index >= 15 is 0 Å². The van der Waals surface area contributed by atoms with Crippen molar-refractivity contribution in [1.29, 1.82) is 0 Å². The lowest BCUT2D eigenvalue weighted by Gasteiger charge is -2.34. The maximum Gasteiger partial charge on any atom is 0.0938 e. The Balaban J connectivity index is 2.77. The van der Waals surface area contributed by atoms with E-state index in [1.165, 1.54) is 0 Å². The fraction of sp³-hybridized carbons (Fsp3) is 1.00. The van der Waals surface area contributed by atoms with Crippen LogP contribution in [0.1, 0.15) is 20.3 Å². The van der Waals surface area contributed by atoms with E-state index in [1.807, 2.05) is 0 Å². The van der Waals surface area contributed by atoms with Gasteiger partial charge in [0.1, 0.15) is 0 Å². The van der Waals surface area contributed by atoms with Crippen LogP contribution in [0.3, 0.4) is 0 Å². The van der Waals surface area contributed by atoms with Gasteiger partial charge >= 0.3 is 0 Å². The smallest absolute Gasteiger partial charge is 0.0938 e. The quantitative estimate of drug-likeness (QED) is 0.618. The van der Waals surface area contributed by atoms with Gasteiger partial charge in [-0.1, -0.05) is 13.8 Å². The molecule has 3 heteroatoms. The lowest BCUT2D eigenvalue weighted by molar-refractivity contribution is -0.00194. The van der Waals surface area contributed by atoms with Crippen molar-refractivity contribution in [2.45, 2.75) is 31.9 Å². The predicted octanol–water partition coefficient (Wildman–Crippen LogP) is 0.0363. The molecule has 0 saturated carbocycles. The summed E-state index contributed by atoms with van der Waals surface area (Å²) in [5.41, 5.74) is 4.93. The number of hydrogen-bond donors (Lipinski definition) is 2. The first-order chi connectivity index (χ1) is 5.51. The van der Waals surface area contributed by atoms with E-state index in [9.17, 15) is 5.11 Å². The normalized spacial score (nSPS) is 38.0. The Labute approximate surface area is 74.5 Å². The molecule has 1 aliphatic heterocycles. The zero-order valence-corrected chi connectivity index (χ0v) is 8.25. The fourth-order valence-electron chi connectivity index (χ4n) is 2.42. The van der Waals surface area contributed by atoms with Gasteiger partial charge in [-0.3, -0.25) is 0 Å². The zero-order chi connectivity index (χ0) is 9.35. The molecule has 0 radical (unpaired) electrons. The summed E-state index contributed by atoms with van der Waals surface area (Å²) in [6.07, 6.45) is 0.808. The molecule has 0 bridgehead atoms. The molecule has 0 amide bonds. The van der Waals surface area contributed by atoms with Crippen LogP contribution in [0.25, 0.3) is 0 Å². The summed E-state index contributed by atoms with van der Waals surface area (Å²) in [5.74, 6) is 0.464. The standard InChI is InChI=1S/C9H20N2O/c1-7(2)8-9(12,6-10)4-5-11(8)3/h7-8,12H,4-6,10H2,1-3H3. The molecule has 0 spiro atoms. The van der Waals surface area contributed by atoms with E-state index in [0.717, 1.165) is 13.0 Å². The highest BCUT2D eigenvalue weighted by atomic mass is 16.3. The van der Waals surface area contributed by atoms with Gasteiger partial charge in [-0.25, -0.2) is 0 Å². The number of aliphatic hydroxyl groups is 1. The molecule has 2 atom stereocenters. The lowest BCUT2D eigenvalue weighted by Crippen LogP contribution is -2.51. The zero-order valence-electron chi connectivity index (χ0n) is 8.25. The van der Waals surface area contributed by atoms with Crippen LogP contribution in [0.4, 0.5) is 0 Å². The SMILES string of the molecule is CC(C)C1N(C)CCC1(O)CN. The molecule has 1 saturated heterocycles. The second-order valence-electron chi connectivity index (χ2n) is 4.23. The molecule has 2 unspecified atom stereocenters. The molecule has 72 valence electrons. The van der Waals surface area contributed by atoms with Gasteiger partial charge in [0.15, 0.2) is 0 Å². The van der Waals surface area contributed by atoms with Crippen molar-refractivity contribution in [3.05, 3.63) is 0 Å². The third kappa shape index (κ3) is 1.49. The van der Waals surface area contributed by atoms with Crippen LogP contribution >= 0.6 is 0 Å². The van der Waals surface area contributed by atoms with Crippen LogP contribution in [0, 0.1) is 5.92 Å². The predicted molar refractivity (Wildman–Crippen MR) is 49.9 cm³/mol. The minimum Gasteiger partial charge on any atom is -0.387 e. The summed E-state index contributed by atoms with van der Waals surface area (Å²) in [6, 6.07) is 0.225. The van der Waals surface area contributed by atoms with Crippen molar-refractivity contribution in [1.82, 2.24) is 4.90 Å². The number of likely N-dealkylation sites (tertiary alicyclic amines) is 1. The van der Waals surface area contributed by atoms with E-state index in [4.69, 9.17) is 5.73 Å². The van der Waals surface area contributed by atoms with Crippen LogP contribution in [-0.2, 0) is 0 Å². The average molecular weight is 172 g/mol. The molecule has 0 aromatic heterocycles. The molecule has 0 aromatic carbocycles. The molecule has 1 heterocycles. The van der Waals surface area contributed by atoms with Crippen molar-refractivity contribution >= 4 is 0 Å². The highest BCUT2D eigenvalue weighted by Gasteiger charge is 2.44. The molecule has 3 nitrogen and oxygen atoms in total. The van der Waals surface area contributed by atoms with Gasteiger partial charge in [-0.2, -0.15) is 0 Å². The first kappa shape index (κ1) is 9.96. The third-order valence-corrected chi connectivity index (χ3v) is 2.91. The molecular formula is C9H20N2O. The van der Waals surface area contributed by atoms with Crippen LogP contribution in [0.2, 0.25) is 0 Å². The number of nitrogens with two attached hydrogens (primary N) is 1. The number of rotatable bonds is 2. The van der Waals surface area contributed by atoms with Gasteiger partial charge in [0, 0.05) is 19.1 Å². The summed E-state index contributed by atoms with van der Waals surface area (Å²) in [4.78, 5) is 2.21. The Kier molecular flexibility index (Phi) is 2.76. The maximum absolute atomic E-state index is 10.1. The lowest BCUT2D eigenvalue weighted by atomic mass is 9.87. The molecule has 0 aromatic rings. The highest BCUT2D eigenvalue weighted by molar-refractivity contribution is 5.00. The van der Waals surface area contributed by atoms with E-state index < -0.39 is 5.60 Å². The summed E-state index contributed by atoms with van der Waals surface area (Å²) >= 11 is 0. The Morgan fingerprint density at radius 2 is 2.25 bits per heavy atom. The van der Waals surface area contributed by atoms with Crippen molar-refractivity contribution in [2.24, 2.45) is 11.7 Å². The van der Waals surface area contributed by atoms with E-state index in [1.54, 1.807) is 0 Å². The van der Waals surface area contributed by atoms with Crippen LogP contribution in [-0.4, -0.2) is 41.8 Å². The van der Waals surface area contributed by atoms with Crippen LogP contribution in [0.5, 0.6) is 0 Å². The molecule has 12 heavy (non-hydrogen) atoms. The average Bonchev–Trinajstić information content (AvgIpc) is 2.28. The fourth-order valence-corrected chi connectivity index (χ4v) is 2.42. The number of hydrogen-bond acceptors (Lipinski definition) is 3. The van der Waals surface area contributed by atoms with Crippen molar-refractivity contribution in [2.75, 3.05) is 20.1 Å². The summed E-state index contributed by atoms with van der Waals surface area (Å²) < 4.78 is 0. The second-order valence-corrected chi connectivity index (χ2v) is 4.23. The number of likely N-dealkylation sites (N-methyl/N-ethyl adjacent to an activating group) is 1. The first-order valence-corrected chi connectivity index (χ1v) is 4.64. The van der Waals surface area contributed by atoms with Gasteiger partial charge in [-0.05, 0) is 19.4 Å². The van der Waals surface area contributed by atoms with Gasteiger partial charge in [0.05, 0.1) is 5.60 Å². The van der Waals surface area contributed by atoms with Crippen molar-refractivity contribution in [3.63, 3.8) is 0 Å². The van der Waals surface area contributed by atoms with Gasteiger partial charge in [0.2, 0.25) is 0 Å². The summed E-state index contributed by atoms with van der Waals surface area (Å²) in [7, 11) is 2.05. The first-order valence-electron chi connectivity index (χ1n) is 4.64. The monoisotopic (exact) mass is 172 g/mol. The van der Waals surface area contributed by atoms with Crippen molar-refractivity contribution < 1.29 is 5.11 Å². The van der Waals surface area contributed by atoms with E-state index in [-0.39, 0.29) is 6.04 Å². The van der Waals surface area contributed by atoms with E-state index in [2.05, 4.69) is 25.8 Å². The molecule has 0 aliphatic carbocycles. The van der Waals surface area contributed by atoms with Crippen LogP contribution in [0.15, 0.2) is 0 Å². The molecule has 1 aliphatic rings. The molecule has 1 rings (SSSR count). The van der Waals surface area contributed by atoms with Crippen molar-refractivity contribution in [3.8, 4) is 0 Å². The minimum atomic E-state index is -0.650.